The smallest absolute Gasteiger partial charge is 0.269 e. The summed E-state index contributed by atoms with van der Waals surface area (Å²) in [7, 11) is 0. The third kappa shape index (κ3) is 3.79. The molecule has 3 rings (SSSR count). The lowest BCUT2D eigenvalue weighted by Gasteiger charge is -2.08. The molecule has 4 heteroatoms. The van der Waals surface area contributed by atoms with Gasteiger partial charge in [-0.15, -0.1) is 0 Å². The highest BCUT2D eigenvalue weighted by Gasteiger charge is 2.04. The van der Waals surface area contributed by atoms with Gasteiger partial charge in [0.25, 0.3) is 5.69 Å². The zero-order chi connectivity index (χ0) is 16.9. The predicted molar refractivity (Wildman–Crippen MR) is 94.0 cm³/mol. The molecule has 0 amide bonds. The van der Waals surface area contributed by atoms with Crippen molar-refractivity contribution in [3.63, 3.8) is 0 Å². The predicted octanol–water partition coefficient (Wildman–Crippen LogP) is 5.15. The van der Waals surface area contributed by atoms with Gasteiger partial charge in [0.2, 0.25) is 0 Å². The van der Waals surface area contributed by atoms with Gasteiger partial charge >= 0.3 is 0 Å². The molecule has 0 heterocycles. The van der Waals surface area contributed by atoms with Crippen LogP contribution in [0.3, 0.4) is 0 Å². The number of rotatable bonds is 5. The van der Waals surface area contributed by atoms with Crippen molar-refractivity contribution in [3.05, 3.63) is 94.0 Å². The number of hydrogen-bond acceptors (Lipinski definition) is 3. The van der Waals surface area contributed by atoms with Crippen LogP contribution in [-0.2, 0) is 6.61 Å². The Balaban J connectivity index is 1.63. The number of non-ortho nitro benzene ring substituents is 1. The minimum absolute atomic E-state index is 0.0844. The van der Waals surface area contributed by atoms with Gasteiger partial charge in [0.15, 0.2) is 0 Å². The van der Waals surface area contributed by atoms with Crippen LogP contribution in [0, 0.1) is 17.0 Å². The monoisotopic (exact) mass is 319 g/mol. The Hall–Kier alpha value is -3.14. The number of benzene rings is 3. The third-order valence-electron chi connectivity index (χ3n) is 3.79. The first kappa shape index (κ1) is 15.7. The van der Waals surface area contributed by atoms with Crippen LogP contribution in [0.2, 0.25) is 0 Å². The zero-order valence-corrected chi connectivity index (χ0v) is 13.3. The molecule has 0 aliphatic carbocycles. The molecule has 0 atom stereocenters. The molecule has 0 saturated carbocycles. The fraction of sp³-hybridized carbons (Fsp3) is 0.100. The van der Waals surface area contributed by atoms with E-state index in [2.05, 4.69) is 31.2 Å². The Kier molecular flexibility index (Phi) is 4.57. The molecule has 4 nitrogen and oxygen atoms in total. The molecular weight excluding hydrogens is 302 g/mol. The van der Waals surface area contributed by atoms with Crippen LogP contribution in [0.15, 0.2) is 72.8 Å². The van der Waals surface area contributed by atoms with Crippen molar-refractivity contribution in [2.24, 2.45) is 0 Å². The zero-order valence-electron chi connectivity index (χ0n) is 13.3. The highest BCUT2D eigenvalue weighted by atomic mass is 16.6. The quantitative estimate of drug-likeness (QED) is 0.483. The van der Waals surface area contributed by atoms with Gasteiger partial charge in [-0.1, -0.05) is 42.0 Å². The molecule has 0 fully saturated rings. The molecule has 0 saturated heterocycles. The molecule has 120 valence electrons. The maximum atomic E-state index is 10.6. The molecule has 3 aromatic rings. The van der Waals surface area contributed by atoms with E-state index in [0.717, 1.165) is 16.9 Å². The topological polar surface area (TPSA) is 52.4 Å². The van der Waals surface area contributed by atoms with Gasteiger partial charge in [-0.25, -0.2) is 0 Å². The lowest BCUT2D eigenvalue weighted by molar-refractivity contribution is -0.384. The Morgan fingerprint density at radius 2 is 1.38 bits per heavy atom. The van der Waals surface area contributed by atoms with Gasteiger partial charge < -0.3 is 4.74 Å². The third-order valence-corrected chi connectivity index (χ3v) is 3.79. The van der Waals surface area contributed by atoms with Crippen molar-refractivity contribution in [3.8, 4) is 16.9 Å². The molecule has 0 bridgehead atoms. The van der Waals surface area contributed by atoms with Crippen LogP contribution in [-0.4, -0.2) is 4.92 Å². The van der Waals surface area contributed by atoms with Gasteiger partial charge in [0.05, 0.1) is 4.92 Å². The number of ether oxygens (including phenoxy) is 1. The van der Waals surface area contributed by atoms with E-state index in [1.165, 1.54) is 23.3 Å². The van der Waals surface area contributed by atoms with E-state index in [9.17, 15) is 10.1 Å². The Morgan fingerprint density at radius 3 is 1.92 bits per heavy atom. The van der Waals surface area contributed by atoms with Crippen LogP contribution in [0.4, 0.5) is 5.69 Å². The van der Waals surface area contributed by atoms with Crippen LogP contribution in [0.1, 0.15) is 11.1 Å². The summed E-state index contributed by atoms with van der Waals surface area (Å²) in [6.45, 7) is 2.45. The summed E-state index contributed by atoms with van der Waals surface area (Å²) in [5, 5.41) is 10.6. The molecule has 24 heavy (non-hydrogen) atoms. The molecule has 3 aromatic carbocycles. The van der Waals surface area contributed by atoms with E-state index in [1.807, 2.05) is 24.3 Å². The summed E-state index contributed by atoms with van der Waals surface area (Å²) in [6.07, 6.45) is 0. The second-order valence-electron chi connectivity index (χ2n) is 5.60. The van der Waals surface area contributed by atoms with Gasteiger partial charge in [-0.3, -0.25) is 10.1 Å². The van der Waals surface area contributed by atoms with Crippen molar-refractivity contribution < 1.29 is 9.66 Å². The summed E-state index contributed by atoms with van der Waals surface area (Å²) in [4.78, 5) is 10.2. The van der Waals surface area contributed by atoms with E-state index in [1.54, 1.807) is 12.1 Å². The van der Waals surface area contributed by atoms with E-state index >= 15 is 0 Å². The highest BCUT2D eigenvalue weighted by Crippen LogP contribution is 2.23. The van der Waals surface area contributed by atoms with E-state index < -0.39 is 4.92 Å². The SMILES string of the molecule is Cc1ccc(-c2ccc(OCc3ccc([N+](=O)[O-])cc3)cc2)cc1. The Labute approximate surface area is 140 Å². The molecule has 0 spiro atoms. The number of nitro groups is 1. The number of nitrogens with zero attached hydrogens (tertiary/aromatic N) is 1. The average Bonchev–Trinajstić information content (AvgIpc) is 2.61. The normalized spacial score (nSPS) is 10.4. The maximum Gasteiger partial charge on any atom is 0.269 e. The molecule has 0 aliphatic heterocycles. The molecule has 0 aromatic heterocycles. The highest BCUT2D eigenvalue weighted by molar-refractivity contribution is 5.64. The fourth-order valence-electron chi connectivity index (χ4n) is 2.37. The van der Waals surface area contributed by atoms with Crippen LogP contribution in [0.25, 0.3) is 11.1 Å². The van der Waals surface area contributed by atoms with Crippen molar-refractivity contribution in [1.29, 1.82) is 0 Å². The molecule has 0 N–H and O–H groups in total. The van der Waals surface area contributed by atoms with Crippen LogP contribution in [0.5, 0.6) is 5.75 Å². The molecule has 0 radical (unpaired) electrons. The fourth-order valence-corrected chi connectivity index (χ4v) is 2.37. The lowest BCUT2D eigenvalue weighted by atomic mass is 10.0. The lowest BCUT2D eigenvalue weighted by Crippen LogP contribution is -1.96. The van der Waals surface area contributed by atoms with E-state index in [0.29, 0.717) is 6.61 Å². The van der Waals surface area contributed by atoms with E-state index in [-0.39, 0.29) is 5.69 Å². The van der Waals surface area contributed by atoms with Crippen molar-refractivity contribution in [2.45, 2.75) is 13.5 Å². The molecule has 0 unspecified atom stereocenters. The number of nitro benzene ring substituents is 1. The maximum absolute atomic E-state index is 10.6. The summed E-state index contributed by atoms with van der Waals surface area (Å²) in [5.74, 6) is 0.768. The first-order chi connectivity index (χ1) is 11.6. The number of aryl methyl sites for hydroxylation is 1. The standard InChI is InChI=1S/C20H17NO3/c1-15-2-6-17(7-3-15)18-8-12-20(13-9-18)24-14-16-4-10-19(11-5-16)21(22)23/h2-13H,14H2,1H3. The van der Waals surface area contributed by atoms with Crippen molar-refractivity contribution in [2.75, 3.05) is 0 Å². The minimum atomic E-state index is -0.408. The van der Waals surface area contributed by atoms with E-state index in [4.69, 9.17) is 4.74 Å². The Morgan fingerprint density at radius 1 is 0.833 bits per heavy atom. The minimum Gasteiger partial charge on any atom is -0.489 e. The van der Waals surface area contributed by atoms with Gasteiger partial charge in [-0.05, 0) is 47.9 Å². The summed E-state index contributed by atoms with van der Waals surface area (Å²) in [6, 6.07) is 22.7. The second kappa shape index (κ2) is 6.96. The summed E-state index contributed by atoms with van der Waals surface area (Å²) in [5.41, 5.74) is 4.52. The van der Waals surface area contributed by atoms with Crippen molar-refractivity contribution >= 4 is 5.69 Å². The summed E-state index contributed by atoms with van der Waals surface area (Å²) < 4.78 is 5.73. The van der Waals surface area contributed by atoms with Gasteiger partial charge in [0.1, 0.15) is 12.4 Å². The number of hydrogen-bond donors (Lipinski definition) is 0. The largest absolute Gasteiger partial charge is 0.489 e. The van der Waals surface area contributed by atoms with Gasteiger partial charge in [-0.2, -0.15) is 0 Å². The Bertz CT molecular complexity index is 822. The molecular formula is C20H17NO3. The van der Waals surface area contributed by atoms with Crippen LogP contribution >= 0.6 is 0 Å². The summed E-state index contributed by atoms with van der Waals surface area (Å²) >= 11 is 0. The first-order valence-electron chi connectivity index (χ1n) is 7.65. The average molecular weight is 319 g/mol. The first-order valence-corrected chi connectivity index (χ1v) is 7.65. The second-order valence-corrected chi connectivity index (χ2v) is 5.60. The van der Waals surface area contributed by atoms with Crippen molar-refractivity contribution in [1.82, 2.24) is 0 Å². The van der Waals surface area contributed by atoms with Gasteiger partial charge in [0, 0.05) is 12.1 Å². The molecule has 0 aliphatic rings. The van der Waals surface area contributed by atoms with Crippen LogP contribution < -0.4 is 4.74 Å².